The highest BCUT2D eigenvalue weighted by molar-refractivity contribution is 5.94. The van der Waals surface area contributed by atoms with Gasteiger partial charge in [-0.3, -0.25) is 4.79 Å². The fraction of sp³-hybridized carbons (Fsp3) is 0.581. The van der Waals surface area contributed by atoms with E-state index in [-0.39, 0.29) is 49.3 Å². The van der Waals surface area contributed by atoms with Gasteiger partial charge in [0, 0.05) is 75.3 Å². The summed E-state index contributed by atoms with van der Waals surface area (Å²) in [7, 11) is 0. The number of amides is 1. The van der Waals surface area contributed by atoms with Crippen LogP contribution in [0.3, 0.4) is 0 Å². The molecule has 0 aromatic heterocycles. The highest BCUT2D eigenvalue weighted by atomic mass is 16.3. The zero-order valence-electron chi connectivity index (χ0n) is 26.0. The summed E-state index contributed by atoms with van der Waals surface area (Å²) in [5.74, 6) is -0.158. The summed E-state index contributed by atoms with van der Waals surface area (Å²) in [5.41, 5.74) is 38.9. The van der Waals surface area contributed by atoms with Crippen LogP contribution in [0, 0.1) is 21.7 Å². The quantitative estimate of drug-likeness (QED) is 0.0977. The number of hydrogen-bond acceptors (Lipinski definition) is 8. The van der Waals surface area contributed by atoms with Gasteiger partial charge in [0.1, 0.15) is 0 Å². The lowest BCUT2D eigenvalue weighted by Gasteiger charge is -2.57. The van der Waals surface area contributed by atoms with Gasteiger partial charge in [0.2, 0.25) is 0 Å². The lowest BCUT2D eigenvalue weighted by atomic mass is 9.49. The van der Waals surface area contributed by atoms with E-state index in [1.54, 1.807) is 6.07 Å². The minimum Gasteiger partial charge on any atom is -0.387 e. The second kappa shape index (κ2) is 13.7. The number of azide groups is 3. The summed E-state index contributed by atoms with van der Waals surface area (Å²) in [6, 6.07) is 5.70. The molecule has 4 N–H and O–H groups in total. The van der Waals surface area contributed by atoms with Gasteiger partial charge in [0.15, 0.2) is 0 Å². The Balaban J connectivity index is 1.38. The van der Waals surface area contributed by atoms with Crippen molar-refractivity contribution in [3.05, 3.63) is 106 Å². The molecular formula is C31H39N13O2. The van der Waals surface area contributed by atoms with E-state index in [2.05, 4.69) is 71.2 Å². The zero-order valence-corrected chi connectivity index (χ0v) is 26.0. The van der Waals surface area contributed by atoms with Crippen molar-refractivity contribution in [2.75, 3.05) is 39.3 Å². The van der Waals surface area contributed by atoms with Crippen LogP contribution < -0.4 is 16.4 Å². The van der Waals surface area contributed by atoms with Crippen LogP contribution in [0.25, 0.3) is 31.3 Å². The first-order valence-electron chi connectivity index (χ1n) is 15.7. The number of aryl methyl sites for hydroxylation is 1. The van der Waals surface area contributed by atoms with Gasteiger partial charge < -0.3 is 16.4 Å². The number of benzene rings is 1. The lowest BCUT2D eigenvalue weighted by Crippen LogP contribution is -2.62. The number of rotatable bonds is 13. The molecule has 1 aliphatic heterocycles. The molecule has 4 atom stereocenters. The Morgan fingerprint density at radius 1 is 1.13 bits per heavy atom. The Bertz CT molecular complexity index is 1610. The second-order valence-corrected chi connectivity index (χ2v) is 12.9. The molecule has 2 unspecified atom stereocenters. The Labute approximate surface area is 266 Å². The third-order valence-corrected chi connectivity index (χ3v) is 10.6. The largest absolute Gasteiger partial charge is 0.387 e. The van der Waals surface area contributed by atoms with Crippen molar-refractivity contribution in [3.8, 4) is 0 Å². The Morgan fingerprint density at radius 3 is 2.59 bits per heavy atom. The molecule has 0 bridgehead atoms. The van der Waals surface area contributed by atoms with Crippen molar-refractivity contribution >= 4 is 5.91 Å². The van der Waals surface area contributed by atoms with Crippen molar-refractivity contribution in [1.29, 1.82) is 0 Å². The van der Waals surface area contributed by atoms with Crippen molar-refractivity contribution in [3.63, 3.8) is 0 Å². The summed E-state index contributed by atoms with van der Waals surface area (Å²) in [4.78, 5) is 33.1. The number of carbonyl (C=O) groups is 1. The van der Waals surface area contributed by atoms with Crippen LogP contribution in [0.4, 0.5) is 0 Å². The number of fused-ring (bicyclic) bond motifs is 5. The molecule has 0 saturated heterocycles. The SMILES string of the molecule is CCC1=CNCC(C2=CCC3[C@]2(CN=[N+]=[N-])CCC2c4ccc(C(=O)NCC(CN=O)(CN=[N+]=[N-])CN=[N+]=[N-])cc4CC[C@]23N)=C1. The van der Waals surface area contributed by atoms with Crippen LogP contribution in [0.15, 0.2) is 73.8 Å². The molecule has 0 radical (unpaired) electrons. The topological polar surface area (TPSA) is 243 Å². The van der Waals surface area contributed by atoms with E-state index < -0.39 is 11.0 Å². The van der Waals surface area contributed by atoms with E-state index in [1.165, 1.54) is 16.7 Å². The van der Waals surface area contributed by atoms with E-state index in [1.807, 2.05) is 12.1 Å². The second-order valence-electron chi connectivity index (χ2n) is 12.9. The molecule has 1 saturated carbocycles. The van der Waals surface area contributed by atoms with Crippen LogP contribution >= 0.6 is 0 Å². The smallest absolute Gasteiger partial charge is 0.251 e. The third-order valence-electron chi connectivity index (χ3n) is 10.6. The Hall–Kier alpha value is -4.80. The number of nitroso groups, excluding NO2 is 1. The van der Waals surface area contributed by atoms with E-state index in [9.17, 15) is 15.2 Å². The summed E-state index contributed by atoms with van der Waals surface area (Å²) in [6.07, 6.45) is 11.5. The van der Waals surface area contributed by atoms with Gasteiger partial charge >= 0.3 is 0 Å². The molecule has 15 nitrogen and oxygen atoms in total. The highest BCUT2D eigenvalue weighted by Gasteiger charge is 2.60. The van der Waals surface area contributed by atoms with Crippen LogP contribution in [0.1, 0.15) is 66.4 Å². The molecule has 1 amide bonds. The molecule has 1 aromatic rings. The van der Waals surface area contributed by atoms with Gasteiger partial charge in [0.25, 0.3) is 5.91 Å². The monoisotopic (exact) mass is 625 g/mol. The molecule has 46 heavy (non-hydrogen) atoms. The first-order valence-corrected chi connectivity index (χ1v) is 15.7. The van der Waals surface area contributed by atoms with Crippen molar-refractivity contribution in [2.45, 2.75) is 56.9 Å². The van der Waals surface area contributed by atoms with Gasteiger partial charge in [-0.25, -0.2) is 0 Å². The van der Waals surface area contributed by atoms with Gasteiger partial charge in [-0.15, -0.1) is 0 Å². The van der Waals surface area contributed by atoms with Gasteiger partial charge in [-0.05, 0) is 107 Å². The predicted octanol–water partition coefficient (Wildman–Crippen LogP) is 6.38. The van der Waals surface area contributed by atoms with Crippen LogP contribution in [0.5, 0.6) is 0 Å². The number of nitrogens with zero attached hydrogens (tertiary/aromatic N) is 10. The fourth-order valence-corrected chi connectivity index (χ4v) is 8.31. The lowest BCUT2D eigenvalue weighted by molar-refractivity contribution is 0.0415. The Morgan fingerprint density at radius 2 is 1.89 bits per heavy atom. The van der Waals surface area contributed by atoms with Crippen molar-refractivity contribution < 1.29 is 4.79 Å². The minimum absolute atomic E-state index is 0.0625. The van der Waals surface area contributed by atoms with Crippen LogP contribution in [-0.4, -0.2) is 50.7 Å². The van der Waals surface area contributed by atoms with Crippen LogP contribution in [-0.2, 0) is 6.42 Å². The first kappa shape index (κ1) is 32.6. The molecule has 1 heterocycles. The number of nitrogens with one attached hydrogen (secondary N) is 2. The van der Waals surface area contributed by atoms with E-state index in [0.29, 0.717) is 18.5 Å². The molecule has 3 aliphatic carbocycles. The Kier molecular flexibility index (Phi) is 9.69. The number of dihydropyridines is 1. The van der Waals surface area contributed by atoms with Gasteiger partial charge in [-0.2, -0.15) is 4.91 Å². The third kappa shape index (κ3) is 5.93. The summed E-state index contributed by atoms with van der Waals surface area (Å²) in [6.45, 7) is 2.56. The standard InChI is InChI=1S/C31H39N13O2/c1-2-20-11-23(14-36-13-20)25-5-6-27-30(25,19-40-44-35)9-8-26-24-4-3-22(12-21(24)7-10-31(26,27)32)28(45)37-15-29(18-41-46,16-38-42-33)17-39-43-34/h3-5,11-13,26-27,36H,2,6-10,14-19,32H2,1H3,(H,37,45)/t26?,27?,30-,31-/m0/s1. The van der Waals surface area contributed by atoms with Crippen molar-refractivity contribution in [2.24, 2.45) is 43.0 Å². The number of nitrogens with two attached hydrogens (primary N) is 1. The average Bonchev–Trinajstić information content (AvgIpc) is 3.48. The summed E-state index contributed by atoms with van der Waals surface area (Å²) < 4.78 is 0. The summed E-state index contributed by atoms with van der Waals surface area (Å²) >= 11 is 0. The summed E-state index contributed by atoms with van der Waals surface area (Å²) in [5, 5.41) is 20.4. The van der Waals surface area contributed by atoms with Gasteiger partial charge in [0.05, 0.1) is 6.54 Å². The first-order chi connectivity index (χ1) is 22.3. The van der Waals surface area contributed by atoms with Gasteiger partial charge in [-0.1, -0.05) is 45.7 Å². The maximum absolute atomic E-state index is 13.3. The molecule has 5 rings (SSSR count). The predicted molar refractivity (Wildman–Crippen MR) is 174 cm³/mol. The van der Waals surface area contributed by atoms with Crippen molar-refractivity contribution in [1.82, 2.24) is 10.6 Å². The zero-order chi connectivity index (χ0) is 32.8. The highest BCUT2D eigenvalue weighted by Crippen LogP contribution is 2.63. The normalized spacial score (nSPS) is 27.1. The molecule has 240 valence electrons. The number of carbonyl (C=O) groups excluding carboxylic acids is 1. The minimum atomic E-state index is -1.13. The van der Waals surface area contributed by atoms with E-state index in [0.717, 1.165) is 49.8 Å². The molecule has 1 aromatic carbocycles. The van der Waals surface area contributed by atoms with Crippen LogP contribution in [0.2, 0.25) is 0 Å². The number of allylic oxidation sites excluding steroid dienone is 3. The molecule has 1 fully saturated rings. The molecule has 4 aliphatic rings. The van der Waals surface area contributed by atoms with E-state index in [4.69, 9.17) is 16.8 Å². The fourth-order valence-electron chi connectivity index (χ4n) is 8.31. The molecule has 15 heteroatoms. The van der Waals surface area contributed by atoms with E-state index >= 15 is 0 Å². The maximum Gasteiger partial charge on any atom is 0.251 e. The molecule has 0 spiro atoms. The maximum atomic E-state index is 13.3. The average molecular weight is 626 g/mol. The number of hydrogen-bond donors (Lipinski definition) is 3. The molecular weight excluding hydrogens is 586 g/mol.